The van der Waals surface area contributed by atoms with Gasteiger partial charge in [-0.3, -0.25) is 9.59 Å². The predicted molar refractivity (Wildman–Crippen MR) is 181 cm³/mol. The summed E-state index contributed by atoms with van der Waals surface area (Å²) in [5, 5.41) is 0. The SMILES string of the molecule is Cn1c(=NC(=O)c2ccc(Oc3ccc(C(=O)N=c4sc5cc(S(C)(=O)=O)ccc5n4C)cc3)cc2)sc2cc(S(C)(=O)=O)ccc21. The van der Waals surface area contributed by atoms with Crippen LogP contribution in [0.3, 0.4) is 0 Å². The third-order valence-electron chi connectivity index (χ3n) is 7.25. The number of benzene rings is 4. The van der Waals surface area contributed by atoms with Crippen molar-refractivity contribution in [1.82, 2.24) is 9.13 Å². The minimum Gasteiger partial charge on any atom is -0.457 e. The largest absolute Gasteiger partial charge is 0.457 e. The maximum atomic E-state index is 12.9. The molecule has 0 unspecified atom stereocenters. The van der Waals surface area contributed by atoms with Crippen molar-refractivity contribution in [3.05, 3.63) is 106 Å². The average molecular weight is 707 g/mol. The molecule has 47 heavy (non-hydrogen) atoms. The van der Waals surface area contributed by atoms with Crippen LogP contribution in [0.1, 0.15) is 20.7 Å². The Bertz CT molecular complexity index is 2410. The Balaban J connectivity index is 1.16. The van der Waals surface area contributed by atoms with Crippen molar-refractivity contribution in [3.63, 3.8) is 0 Å². The van der Waals surface area contributed by atoms with Gasteiger partial charge in [-0.1, -0.05) is 22.7 Å². The lowest BCUT2D eigenvalue weighted by Gasteiger charge is -2.06. The lowest BCUT2D eigenvalue weighted by Crippen LogP contribution is -2.13. The van der Waals surface area contributed by atoms with Crippen molar-refractivity contribution in [2.24, 2.45) is 24.1 Å². The molecule has 0 radical (unpaired) electrons. The number of carbonyl (C=O) groups is 2. The highest BCUT2D eigenvalue weighted by atomic mass is 32.2. The molecular formula is C32H26N4O7S4. The highest BCUT2D eigenvalue weighted by Crippen LogP contribution is 2.25. The summed E-state index contributed by atoms with van der Waals surface area (Å²) in [6.07, 6.45) is 2.29. The van der Waals surface area contributed by atoms with Crippen LogP contribution in [-0.2, 0) is 33.8 Å². The minimum absolute atomic E-state index is 0.200. The van der Waals surface area contributed by atoms with E-state index in [0.29, 0.717) is 41.6 Å². The Kier molecular flexibility index (Phi) is 8.34. The van der Waals surface area contributed by atoms with E-state index in [1.807, 2.05) is 0 Å². The van der Waals surface area contributed by atoms with E-state index >= 15 is 0 Å². The quantitative estimate of drug-likeness (QED) is 0.240. The maximum absolute atomic E-state index is 12.9. The first-order valence-corrected chi connectivity index (χ1v) is 19.2. The molecule has 0 bridgehead atoms. The molecule has 0 atom stereocenters. The Morgan fingerprint density at radius 3 is 1.30 bits per heavy atom. The molecule has 2 amide bonds. The number of hydrogen-bond acceptors (Lipinski definition) is 9. The van der Waals surface area contributed by atoms with Crippen LogP contribution in [0.25, 0.3) is 20.4 Å². The summed E-state index contributed by atoms with van der Waals surface area (Å²) in [4.78, 5) is 35.6. The third-order valence-corrected chi connectivity index (χ3v) is 11.7. The molecule has 6 aromatic rings. The molecule has 4 aromatic carbocycles. The smallest absolute Gasteiger partial charge is 0.279 e. The maximum Gasteiger partial charge on any atom is 0.279 e. The molecule has 0 spiro atoms. The van der Waals surface area contributed by atoms with Crippen LogP contribution < -0.4 is 14.3 Å². The van der Waals surface area contributed by atoms with Crippen LogP contribution in [0.5, 0.6) is 11.5 Å². The summed E-state index contributed by atoms with van der Waals surface area (Å²) in [7, 11) is -3.21. The molecule has 0 N–H and O–H groups in total. The number of hydrogen-bond donors (Lipinski definition) is 0. The minimum atomic E-state index is -3.37. The lowest BCUT2D eigenvalue weighted by atomic mass is 10.2. The van der Waals surface area contributed by atoms with Gasteiger partial charge >= 0.3 is 0 Å². The lowest BCUT2D eigenvalue weighted by molar-refractivity contribution is 0.0989. The number of nitrogens with zero attached hydrogens (tertiary/aromatic N) is 4. The monoisotopic (exact) mass is 706 g/mol. The van der Waals surface area contributed by atoms with Crippen LogP contribution in [-0.4, -0.2) is 50.3 Å². The molecule has 2 aromatic heterocycles. The van der Waals surface area contributed by atoms with Gasteiger partial charge in [-0.2, -0.15) is 9.98 Å². The second-order valence-electron chi connectivity index (χ2n) is 10.7. The van der Waals surface area contributed by atoms with Gasteiger partial charge in [-0.05, 0) is 84.9 Å². The number of amides is 2. The first-order chi connectivity index (χ1) is 22.2. The van der Waals surface area contributed by atoms with Crippen molar-refractivity contribution < 1.29 is 31.2 Å². The van der Waals surface area contributed by atoms with Crippen molar-refractivity contribution in [2.45, 2.75) is 9.79 Å². The van der Waals surface area contributed by atoms with Crippen molar-refractivity contribution in [3.8, 4) is 11.5 Å². The second-order valence-corrected chi connectivity index (χ2v) is 16.7. The molecule has 15 heteroatoms. The molecule has 240 valence electrons. The Labute approximate surface area is 277 Å². The van der Waals surface area contributed by atoms with Gasteiger partial charge in [-0.15, -0.1) is 0 Å². The first-order valence-electron chi connectivity index (χ1n) is 13.8. The first kappa shape index (κ1) is 32.2. The average Bonchev–Trinajstić information content (AvgIpc) is 3.51. The summed E-state index contributed by atoms with van der Waals surface area (Å²) in [6.45, 7) is 0. The molecule has 0 saturated carbocycles. The van der Waals surface area contributed by atoms with Gasteiger partial charge in [0.1, 0.15) is 11.5 Å². The Hall–Kier alpha value is -4.70. The molecular weight excluding hydrogens is 681 g/mol. The number of aryl methyl sites for hydroxylation is 2. The number of sulfone groups is 2. The van der Waals surface area contributed by atoms with Gasteiger partial charge < -0.3 is 13.9 Å². The van der Waals surface area contributed by atoms with Gasteiger partial charge in [0.05, 0.1) is 30.2 Å². The third kappa shape index (κ3) is 6.74. The van der Waals surface area contributed by atoms with E-state index in [4.69, 9.17) is 4.74 Å². The van der Waals surface area contributed by atoms with Crippen LogP contribution in [0.2, 0.25) is 0 Å². The van der Waals surface area contributed by atoms with E-state index in [-0.39, 0.29) is 9.79 Å². The molecule has 0 saturated heterocycles. The van der Waals surface area contributed by atoms with Crippen LogP contribution in [0.4, 0.5) is 0 Å². The summed E-state index contributed by atoms with van der Waals surface area (Å²) in [6, 6.07) is 22.5. The van der Waals surface area contributed by atoms with E-state index in [9.17, 15) is 26.4 Å². The van der Waals surface area contributed by atoms with Gasteiger partial charge in [-0.25, -0.2) is 16.8 Å². The molecule has 0 fully saturated rings. The Morgan fingerprint density at radius 2 is 0.957 bits per heavy atom. The number of ether oxygens (including phenoxy) is 1. The highest BCUT2D eigenvalue weighted by molar-refractivity contribution is 7.91. The van der Waals surface area contributed by atoms with Gasteiger partial charge in [0, 0.05) is 37.7 Å². The molecule has 0 aliphatic rings. The zero-order valence-electron chi connectivity index (χ0n) is 25.4. The fourth-order valence-electron chi connectivity index (χ4n) is 4.67. The number of rotatable bonds is 6. The molecule has 0 aliphatic carbocycles. The molecule has 6 rings (SSSR count). The van der Waals surface area contributed by atoms with Crippen LogP contribution in [0, 0.1) is 0 Å². The topological polar surface area (TPSA) is 146 Å². The number of fused-ring (bicyclic) bond motifs is 2. The number of thiazole rings is 2. The van der Waals surface area contributed by atoms with Crippen molar-refractivity contribution in [1.29, 1.82) is 0 Å². The standard InChI is InChI=1S/C32H26N4O7S4/c1-35-25-15-13-23(46(3,39)40)17-27(25)44-31(35)33-29(37)19-5-9-21(10-6-19)43-22-11-7-20(8-12-22)30(38)34-32-36(2)26-16-14-24(47(4,41)42)18-28(26)45-32/h5-18H,1-4H3. The van der Waals surface area contributed by atoms with Crippen molar-refractivity contribution >= 4 is 74.6 Å². The summed E-state index contributed by atoms with van der Waals surface area (Å²) >= 11 is 2.45. The fraction of sp³-hybridized carbons (Fsp3) is 0.125. The van der Waals surface area contributed by atoms with Crippen molar-refractivity contribution in [2.75, 3.05) is 12.5 Å². The normalized spacial score (nSPS) is 13.0. The fourth-order valence-corrected chi connectivity index (χ4v) is 8.23. The van der Waals surface area contributed by atoms with Crippen LogP contribution in [0.15, 0.2) is 105 Å². The molecule has 0 aliphatic heterocycles. The Morgan fingerprint density at radius 1 is 0.596 bits per heavy atom. The van der Waals surface area contributed by atoms with Gasteiger partial charge in [0.15, 0.2) is 29.3 Å². The van der Waals surface area contributed by atoms with Crippen LogP contribution >= 0.6 is 22.7 Å². The molecule has 11 nitrogen and oxygen atoms in total. The van der Waals surface area contributed by atoms with E-state index in [2.05, 4.69) is 9.98 Å². The number of carbonyl (C=O) groups excluding carboxylic acids is 2. The van der Waals surface area contributed by atoms with Gasteiger partial charge in [0.2, 0.25) is 0 Å². The molecule has 2 heterocycles. The predicted octanol–water partition coefficient (Wildman–Crippen LogP) is 4.87. The van der Waals surface area contributed by atoms with E-state index in [1.54, 1.807) is 96.0 Å². The highest BCUT2D eigenvalue weighted by Gasteiger charge is 2.14. The second kappa shape index (κ2) is 12.2. The summed E-state index contributed by atoms with van der Waals surface area (Å²) in [5.41, 5.74) is 2.21. The van der Waals surface area contributed by atoms with E-state index in [1.165, 1.54) is 34.8 Å². The summed E-state index contributed by atoms with van der Waals surface area (Å²) in [5.74, 6) is 0.0154. The van der Waals surface area contributed by atoms with E-state index in [0.717, 1.165) is 23.5 Å². The number of aromatic nitrogens is 2. The van der Waals surface area contributed by atoms with E-state index < -0.39 is 31.5 Å². The zero-order chi connectivity index (χ0) is 33.7. The van der Waals surface area contributed by atoms with Gasteiger partial charge in [0.25, 0.3) is 11.8 Å². The zero-order valence-corrected chi connectivity index (χ0v) is 28.6. The summed E-state index contributed by atoms with van der Waals surface area (Å²) < 4.78 is 58.5.